The summed E-state index contributed by atoms with van der Waals surface area (Å²) in [5, 5.41) is 2.63. The van der Waals surface area contributed by atoms with E-state index in [0.29, 0.717) is 5.47 Å². The summed E-state index contributed by atoms with van der Waals surface area (Å²) in [7, 11) is -0.845. The van der Waals surface area contributed by atoms with E-state index in [4.69, 9.17) is 14.0 Å². The molecule has 0 aliphatic carbocycles. The first-order chi connectivity index (χ1) is 14.6. The van der Waals surface area contributed by atoms with Gasteiger partial charge in [-0.05, 0) is 44.8 Å². The summed E-state index contributed by atoms with van der Waals surface area (Å²) in [6, 6.07) is 13.2. The fourth-order valence-corrected chi connectivity index (χ4v) is 2.98. The molecular formula is C23H26BF2NO4. The Bertz CT molecular complexity index is 947. The molecule has 0 atom stereocenters. The van der Waals surface area contributed by atoms with E-state index in [1.54, 1.807) is 0 Å². The maximum absolute atomic E-state index is 14.2. The first-order valence-electron chi connectivity index (χ1n) is 10.0. The Kier molecular flexibility index (Phi) is 6.82. The Morgan fingerprint density at radius 1 is 1.03 bits per heavy atom. The third kappa shape index (κ3) is 5.51. The summed E-state index contributed by atoms with van der Waals surface area (Å²) >= 11 is 0. The highest BCUT2D eigenvalue weighted by Gasteiger charge is 2.52. The number of benzene rings is 2. The van der Waals surface area contributed by atoms with Crippen molar-refractivity contribution >= 4 is 19.3 Å². The van der Waals surface area contributed by atoms with Gasteiger partial charge in [0.25, 0.3) is 0 Å². The monoisotopic (exact) mass is 429 g/mol. The molecule has 2 aromatic rings. The molecule has 0 spiro atoms. The highest BCUT2D eigenvalue weighted by Crippen LogP contribution is 2.38. The van der Waals surface area contributed by atoms with Crippen LogP contribution in [0.25, 0.3) is 6.08 Å². The number of hydrogen-bond acceptors (Lipinski definition) is 4. The topological polar surface area (TPSA) is 56.8 Å². The zero-order chi connectivity index (χ0) is 22.6. The van der Waals surface area contributed by atoms with E-state index in [1.807, 2.05) is 58.0 Å². The van der Waals surface area contributed by atoms with Crippen molar-refractivity contribution in [3.8, 4) is 0 Å². The Balaban J connectivity index is 1.75. The van der Waals surface area contributed by atoms with Crippen LogP contribution in [0.5, 0.6) is 0 Å². The third-order valence-electron chi connectivity index (χ3n) is 5.53. The number of halogens is 2. The van der Waals surface area contributed by atoms with Gasteiger partial charge in [0.15, 0.2) is 11.6 Å². The Hall–Kier alpha value is -2.71. The minimum absolute atomic E-state index is 0.0274. The average Bonchev–Trinajstić information content (AvgIpc) is 2.94. The maximum atomic E-state index is 14.2. The van der Waals surface area contributed by atoms with Crippen LogP contribution in [0.3, 0.4) is 0 Å². The molecule has 8 heteroatoms. The normalized spacial score (nSPS) is 17.5. The van der Waals surface area contributed by atoms with Crippen LogP contribution in [0.1, 0.15) is 38.8 Å². The first-order valence-corrected chi connectivity index (χ1v) is 10.0. The lowest BCUT2D eigenvalue weighted by Gasteiger charge is -2.32. The molecule has 1 aliphatic rings. The van der Waals surface area contributed by atoms with Gasteiger partial charge >= 0.3 is 13.2 Å². The Morgan fingerprint density at radius 3 is 2.32 bits per heavy atom. The molecule has 31 heavy (non-hydrogen) atoms. The van der Waals surface area contributed by atoms with E-state index in [9.17, 15) is 13.6 Å². The van der Waals surface area contributed by atoms with Crippen LogP contribution in [0.2, 0.25) is 0 Å². The van der Waals surface area contributed by atoms with E-state index >= 15 is 0 Å². The van der Waals surface area contributed by atoms with Crippen LogP contribution in [-0.4, -0.2) is 31.0 Å². The zero-order valence-corrected chi connectivity index (χ0v) is 18.1. The lowest BCUT2D eigenvalue weighted by molar-refractivity contribution is 0.00578. The van der Waals surface area contributed by atoms with Gasteiger partial charge in [-0.15, -0.1) is 0 Å². The van der Waals surface area contributed by atoms with Crippen LogP contribution < -0.4 is 5.32 Å². The predicted molar refractivity (Wildman–Crippen MR) is 115 cm³/mol. The highest BCUT2D eigenvalue weighted by molar-refractivity contribution is 6.56. The van der Waals surface area contributed by atoms with Gasteiger partial charge in [0.05, 0.1) is 11.2 Å². The second-order valence-corrected chi connectivity index (χ2v) is 8.37. The van der Waals surface area contributed by atoms with Crippen molar-refractivity contribution in [3.63, 3.8) is 0 Å². The molecule has 1 N–H and O–H groups in total. The summed E-state index contributed by atoms with van der Waals surface area (Å²) < 4.78 is 45.2. The number of alkyl carbamates (subject to hydrolysis) is 1. The molecule has 3 rings (SSSR count). The molecule has 1 aliphatic heterocycles. The second kappa shape index (κ2) is 9.20. The summed E-state index contributed by atoms with van der Waals surface area (Å²) in [4.78, 5) is 12.2. The SMILES string of the molecule is CC1(C)OB(C(=Cc2cccc(F)c2F)CNC(=O)OCc2ccccc2)OC1(C)C. The molecule has 5 nitrogen and oxygen atoms in total. The number of hydrogen-bond donors (Lipinski definition) is 1. The van der Waals surface area contributed by atoms with Crippen molar-refractivity contribution in [2.45, 2.75) is 45.5 Å². The predicted octanol–water partition coefficient (Wildman–Crippen LogP) is 4.91. The summed E-state index contributed by atoms with van der Waals surface area (Å²) in [6.07, 6.45) is 0.781. The number of ether oxygens (including phenoxy) is 1. The number of carbonyl (C=O) groups excluding carboxylic acids is 1. The lowest BCUT2D eigenvalue weighted by Crippen LogP contribution is -2.41. The summed E-state index contributed by atoms with van der Waals surface area (Å²) in [5.41, 5.74) is 0.0426. The van der Waals surface area contributed by atoms with Gasteiger partial charge in [0.2, 0.25) is 0 Å². The smallest absolute Gasteiger partial charge is 0.445 e. The molecule has 1 saturated heterocycles. The highest BCUT2D eigenvalue weighted by atomic mass is 19.2. The third-order valence-corrected chi connectivity index (χ3v) is 5.53. The summed E-state index contributed by atoms with van der Waals surface area (Å²) in [6.45, 7) is 7.62. The average molecular weight is 429 g/mol. The minimum atomic E-state index is -0.983. The van der Waals surface area contributed by atoms with Crippen LogP contribution in [0.4, 0.5) is 13.6 Å². The molecule has 0 unspecified atom stereocenters. The molecule has 164 valence electrons. The first kappa shape index (κ1) is 23.0. The molecular weight excluding hydrogens is 403 g/mol. The van der Waals surface area contributed by atoms with Gasteiger partial charge in [-0.3, -0.25) is 0 Å². The minimum Gasteiger partial charge on any atom is -0.445 e. The van der Waals surface area contributed by atoms with Crippen molar-refractivity contribution in [2.75, 3.05) is 6.54 Å². The van der Waals surface area contributed by atoms with Gasteiger partial charge in [-0.2, -0.15) is 0 Å². The van der Waals surface area contributed by atoms with E-state index in [0.717, 1.165) is 11.6 Å². The van der Waals surface area contributed by atoms with E-state index in [1.165, 1.54) is 18.2 Å². The van der Waals surface area contributed by atoms with Crippen LogP contribution >= 0.6 is 0 Å². The number of rotatable bonds is 6. The van der Waals surface area contributed by atoms with Crippen LogP contribution in [0.15, 0.2) is 54.0 Å². The van der Waals surface area contributed by atoms with Crippen LogP contribution in [0, 0.1) is 11.6 Å². The van der Waals surface area contributed by atoms with E-state index < -0.39 is 36.0 Å². The molecule has 0 radical (unpaired) electrons. The van der Waals surface area contributed by atoms with Gasteiger partial charge in [0, 0.05) is 12.1 Å². The molecule has 0 saturated carbocycles. The van der Waals surface area contributed by atoms with Gasteiger partial charge < -0.3 is 19.4 Å². The van der Waals surface area contributed by atoms with Crippen LogP contribution in [-0.2, 0) is 20.7 Å². The number of carbonyl (C=O) groups is 1. The number of amides is 1. The zero-order valence-electron chi connectivity index (χ0n) is 18.1. The molecule has 1 fully saturated rings. The fraction of sp³-hybridized carbons (Fsp3) is 0.348. The van der Waals surface area contributed by atoms with Crippen molar-refractivity contribution in [1.29, 1.82) is 0 Å². The Morgan fingerprint density at radius 2 is 1.68 bits per heavy atom. The largest absolute Gasteiger partial charge is 0.492 e. The molecule has 1 amide bonds. The van der Waals surface area contributed by atoms with E-state index in [2.05, 4.69) is 5.32 Å². The number of nitrogens with one attached hydrogen (secondary N) is 1. The quantitative estimate of drug-likeness (QED) is 0.664. The molecule has 0 bridgehead atoms. The van der Waals surface area contributed by atoms with Crippen molar-refractivity contribution in [3.05, 3.63) is 76.8 Å². The lowest BCUT2D eigenvalue weighted by atomic mass is 9.77. The van der Waals surface area contributed by atoms with Crippen molar-refractivity contribution in [1.82, 2.24) is 5.32 Å². The summed E-state index contributed by atoms with van der Waals surface area (Å²) in [5.74, 6) is -1.94. The maximum Gasteiger partial charge on any atom is 0.492 e. The standard InChI is InChI=1S/C23H26BF2NO4/c1-22(2)23(3,4)31-24(30-22)18(13-17-11-8-12-19(25)20(17)26)14-27-21(28)29-15-16-9-6-5-7-10-16/h5-13H,14-15H2,1-4H3,(H,27,28). The fourth-order valence-electron chi connectivity index (χ4n) is 2.98. The molecule has 1 heterocycles. The van der Waals surface area contributed by atoms with Gasteiger partial charge in [-0.25, -0.2) is 13.6 Å². The van der Waals surface area contributed by atoms with Crippen molar-refractivity contribution < 1.29 is 27.6 Å². The second-order valence-electron chi connectivity index (χ2n) is 8.37. The Labute approximate surface area is 181 Å². The molecule has 0 aromatic heterocycles. The molecule has 2 aromatic carbocycles. The van der Waals surface area contributed by atoms with Gasteiger partial charge in [-0.1, -0.05) is 48.5 Å². The van der Waals surface area contributed by atoms with Crippen molar-refractivity contribution in [2.24, 2.45) is 0 Å². The van der Waals surface area contributed by atoms with Gasteiger partial charge in [0.1, 0.15) is 6.61 Å². The van der Waals surface area contributed by atoms with E-state index in [-0.39, 0.29) is 18.7 Å².